The van der Waals surface area contributed by atoms with E-state index >= 15 is 0 Å². The van der Waals surface area contributed by atoms with Crippen molar-refractivity contribution in [2.75, 3.05) is 46.3 Å². The molecule has 0 unspecified atom stereocenters. The van der Waals surface area contributed by atoms with Crippen LogP contribution in [0.4, 0.5) is 0 Å². The topological polar surface area (TPSA) is 60.0 Å². The zero-order chi connectivity index (χ0) is 21.2. The van der Waals surface area contributed by atoms with Gasteiger partial charge < -0.3 is 20.4 Å². The van der Waals surface area contributed by atoms with Gasteiger partial charge in [0.05, 0.1) is 0 Å². The number of hydrogen-bond acceptors (Lipinski definition) is 3. The number of aliphatic imine (C=N–C) groups is 1. The fraction of sp³-hybridized carbons (Fsp3) is 0.667. The molecule has 174 valence electrons. The molecule has 0 saturated carbocycles. The van der Waals surface area contributed by atoms with Gasteiger partial charge in [-0.1, -0.05) is 31.2 Å². The van der Waals surface area contributed by atoms with E-state index in [-0.39, 0.29) is 29.9 Å². The molecule has 31 heavy (non-hydrogen) atoms. The Morgan fingerprint density at radius 2 is 1.74 bits per heavy atom. The molecule has 2 heterocycles. The number of benzene rings is 1. The van der Waals surface area contributed by atoms with E-state index in [4.69, 9.17) is 0 Å². The first-order valence-electron chi connectivity index (χ1n) is 11.7. The van der Waals surface area contributed by atoms with E-state index in [0.717, 1.165) is 63.9 Å². The second-order valence-electron chi connectivity index (χ2n) is 8.74. The predicted octanol–water partition coefficient (Wildman–Crippen LogP) is 3.26. The summed E-state index contributed by atoms with van der Waals surface area (Å²) in [7, 11) is 1.80. The Labute approximate surface area is 205 Å². The van der Waals surface area contributed by atoms with Gasteiger partial charge in [-0.05, 0) is 68.8 Å². The molecular formula is C24H40IN5O. The molecule has 2 N–H and O–H groups in total. The second-order valence-corrected chi connectivity index (χ2v) is 8.74. The van der Waals surface area contributed by atoms with E-state index in [0.29, 0.717) is 6.42 Å². The maximum atomic E-state index is 12.6. The fourth-order valence-electron chi connectivity index (χ4n) is 4.33. The van der Waals surface area contributed by atoms with Gasteiger partial charge in [-0.15, -0.1) is 24.0 Å². The van der Waals surface area contributed by atoms with E-state index in [1.807, 2.05) is 4.90 Å². The van der Waals surface area contributed by atoms with Crippen LogP contribution in [-0.2, 0) is 17.8 Å². The number of nitrogens with one attached hydrogen (secondary N) is 2. The lowest BCUT2D eigenvalue weighted by Crippen LogP contribution is -2.40. The average molecular weight is 542 g/mol. The van der Waals surface area contributed by atoms with Gasteiger partial charge in [0.25, 0.3) is 0 Å². The van der Waals surface area contributed by atoms with Crippen molar-refractivity contribution in [1.29, 1.82) is 0 Å². The van der Waals surface area contributed by atoms with Crippen LogP contribution in [0.15, 0.2) is 29.3 Å². The number of amides is 1. The van der Waals surface area contributed by atoms with Crippen LogP contribution in [-0.4, -0.2) is 68.0 Å². The van der Waals surface area contributed by atoms with Crippen LogP contribution < -0.4 is 10.6 Å². The SMILES string of the molecule is CN=C(NCCCC(=O)N1CCc2ccccc2C1)NCCCN1CCC(C)CC1.I. The Morgan fingerprint density at radius 1 is 1.06 bits per heavy atom. The standard InChI is InChI=1S/C24H39N5O.HI/c1-20-10-16-28(17-11-20)15-6-14-27-24(25-2)26-13-5-9-23(30)29-18-12-21-7-3-4-8-22(21)19-29;/h3-4,7-8,20H,5-6,9-19H2,1-2H3,(H2,25,26,27);1H. The third-order valence-corrected chi connectivity index (χ3v) is 6.39. The lowest BCUT2D eigenvalue weighted by atomic mass is 9.99. The second kappa shape index (κ2) is 13.9. The first kappa shape index (κ1) is 25.9. The number of halogens is 1. The highest BCUT2D eigenvalue weighted by Gasteiger charge is 2.19. The molecule has 1 aromatic carbocycles. The van der Waals surface area contributed by atoms with Gasteiger partial charge in [0, 0.05) is 39.6 Å². The van der Waals surface area contributed by atoms with E-state index in [9.17, 15) is 4.79 Å². The van der Waals surface area contributed by atoms with Crippen molar-refractivity contribution in [2.24, 2.45) is 10.9 Å². The number of carbonyl (C=O) groups excluding carboxylic acids is 1. The number of hydrogen-bond donors (Lipinski definition) is 2. The summed E-state index contributed by atoms with van der Waals surface area (Å²) in [6, 6.07) is 8.45. The number of rotatable bonds is 8. The molecule has 0 atom stereocenters. The minimum Gasteiger partial charge on any atom is -0.356 e. The zero-order valence-corrected chi connectivity index (χ0v) is 21.6. The number of guanidine groups is 1. The molecule has 0 aromatic heterocycles. The summed E-state index contributed by atoms with van der Waals surface area (Å²) < 4.78 is 0. The average Bonchev–Trinajstić information content (AvgIpc) is 2.78. The largest absolute Gasteiger partial charge is 0.356 e. The Kier molecular flexibility index (Phi) is 11.6. The van der Waals surface area contributed by atoms with Crippen molar-refractivity contribution in [1.82, 2.24) is 20.4 Å². The molecule has 1 amide bonds. The highest BCUT2D eigenvalue weighted by atomic mass is 127. The predicted molar refractivity (Wildman–Crippen MR) is 139 cm³/mol. The molecular weight excluding hydrogens is 501 g/mol. The van der Waals surface area contributed by atoms with Gasteiger partial charge in [-0.3, -0.25) is 9.79 Å². The zero-order valence-electron chi connectivity index (χ0n) is 19.2. The molecule has 6 nitrogen and oxygen atoms in total. The molecule has 0 aliphatic carbocycles. The molecule has 1 saturated heterocycles. The number of fused-ring (bicyclic) bond motifs is 1. The minimum absolute atomic E-state index is 0. The number of nitrogens with zero attached hydrogens (tertiary/aromatic N) is 3. The summed E-state index contributed by atoms with van der Waals surface area (Å²) in [6.07, 6.45) is 6.17. The van der Waals surface area contributed by atoms with Crippen LogP contribution in [0.1, 0.15) is 50.2 Å². The van der Waals surface area contributed by atoms with Gasteiger partial charge in [-0.25, -0.2) is 0 Å². The molecule has 2 aliphatic rings. The van der Waals surface area contributed by atoms with Crippen molar-refractivity contribution < 1.29 is 4.79 Å². The molecule has 3 rings (SSSR count). The number of piperidine rings is 1. The molecule has 2 aliphatic heterocycles. The summed E-state index contributed by atoms with van der Waals surface area (Å²) in [4.78, 5) is 21.4. The van der Waals surface area contributed by atoms with E-state index in [1.165, 1.54) is 37.1 Å². The quantitative estimate of drug-likeness (QED) is 0.230. The summed E-state index contributed by atoms with van der Waals surface area (Å²) in [5.41, 5.74) is 2.67. The molecule has 0 radical (unpaired) electrons. The van der Waals surface area contributed by atoms with Crippen molar-refractivity contribution in [3.8, 4) is 0 Å². The monoisotopic (exact) mass is 541 g/mol. The lowest BCUT2D eigenvalue weighted by Gasteiger charge is -2.30. The van der Waals surface area contributed by atoms with Crippen LogP contribution in [0.3, 0.4) is 0 Å². The smallest absolute Gasteiger partial charge is 0.222 e. The van der Waals surface area contributed by atoms with Gasteiger partial charge in [0.1, 0.15) is 0 Å². The van der Waals surface area contributed by atoms with Gasteiger partial charge >= 0.3 is 0 Å². The Balaban J connectivity index is 0.00000341. The van der Waals surface area contributed by atoms with Gasteiger partial charge in [-0.2, -0.15) is 0 Å². The van der Waals surface area contributed by atoms with Crippen molar-refractivity contribution in [3.63, 3.8) is 0 Å². The highest BCUT2D eigenvalue weighted by Crippen LogP contribution is 2.19. The number of carbonyl (C=O) groups is 1. The molecule has 0 spiro atoms. The minimum atomic E-state index is 0. The molecule has 1 fully saturated rings. The highest BCUT2D eigenvalue weighted by molar-refractivity contribution is 14.0. The maximum Gasteiger partial charge on any atom is 0.222 e. The summed E-state index contributed by atoms with van der Waals surface area (Å²) in [5.74, 6) is 1.98. The molecule has 7 heteroatoms. The van der Waals surface area contributed by atoms with Crippen molar-refractivity contribution in [3.05, 3.63) is 35.4 Å². The van der Waals surface area contributed by atoms with Crippen LogP contribution in [0.5, 0.6) is 0 Å². The maximum absolute atomic E-state index is 12.6. The first-order valence-corrected chi connectivity index (χ1v) is 11.7. The van der Waals surface area contributed by atoms with Crippen molar-refractivity contribution in [2.45, 2.75) is 52.0 Å². The Hall–Kier alpha value is -1.35. The van der Waals surface area contributed by atoms with Gasteiger partial charge in [0.15, 0.2) is 5.96 Å². The van der Waals surface area contributed by atoms with Crippen LogP contribution in [0.2, 0.25) is 0 Å². The van der Waals surface area contributed by atoms with Gasteiger partial charge in [0.2, 0.25) is 5.91 Å². The Bertz CT molecular complexity index is 703. The number of likely N-dealkylation sites (tertiary alicyclic amines) is 1. The van der Waals surface area contributed by atoms with E-state index in [2.05, 4.69) is 51.7 Å². The fourth-order valence-corrected chi connectivity index (χ4v) is 4.33. The van der Waals surface area contributed by atoms with E-state index < -0.39 is 0 Å². The Morgan fingerprint density at radius 3 is 2.45 bits per heavy atom. The normalized spacial score (nSPS) is 17.6. The summed E-state index contributed by atoms with van der Waals surface area (Å²) >= 11 is 0. The third kappa shape index (κ3) is 8.60. The van der Waals surface area contributed by atoms with Crippen LogP contribution in [0, 0.1) is 5.92 Å². The third-order valence-electron chi connectivity index (χ3n) is 6.39. The van der Waals surface area contributed by atoms with Crippen LogP contribution >= 0.6 is 24.0 Å². The van der Waals surface area contributed by atoms with Crippen LogP contribution in [0.25, 0.3) is 0 Å². The molecule has 1 aromatic rings. The first-order chi connectivity index (χ1) is 14.7. The van der Waals surface area contributed by atoms with E-state index in [1.54, 1.807) is 7.05 Å². The molecule has 0 bridgehead atoms. The van der Waals surface area contributed by atoms with Crippen molar-refractivity contribution >= 4 is 35.8 Å². The lowest BCUT2D eigenvalue weighted by molar-refractivity contribution is -0.132. The summed E-state index contributed by atoms with van der Waals surface area (Å²) in [6.45, 7) is 9.27. The summed E-state index contributed by atoms with van der Waals surface area (Å²) in [5, 5.41) is 6.74.